The lowest BCUT2D eigenvalue weighted by molar-refractivity contribution is 0.325. The zero-order chi connectivity index (χ0) is 17.3. The normalized spacial score (nSPS) is 10.7. The van der Waals surface area contributed by atoms with E-state index in [1.807, 2.05) is 12.1 Å². The Labute approximate surface area is 154 Å². The van der Waals surface area contributed by atoms with Gasteiger partial charge in [-0.3, -0.25) is 0 Å². The van der Waals surface area contributed by atoms with Crippen LogP contribution in [0.4, 0.5) is 0 Å². The molecule has 2 N–H and O–H groups in total. The van der Waals surface area contributed by atoms with E-state index < -0.39 is 0 Å². The Bertz CT molecular complexity index is 864. The Balaban J connectivity index is 2.23. The molecule has 0 aliphatic carbocycles. The van der Waals surface area contributed by atoms with Gasteiger partial charge in [0, 0.05) is 11.1 Å². The van der Waals surface area contributed by atoms with Gasteiger partial charge in [-0.1, -0.05) is 0 Å². The fourth-order valence-corrected chi connectivity index (χ4v) is 3.97. The van der Waals surface area contributed by atoms with Gasteiger partial charge in [0.1, 0.15) is 5.69 Å². The Morgan fingerprint density at radius 1 is 1.00 bits per heavy atom. The van der Waals surface area contributed by atoms with Gasteiger partial charge < -0.3 is 19.2 Å². The number of aromatic nitrogens is 5. The van der Waals surface area contributed by atoms with E-state index in [4.69, 9.17) is 14.2 Å². The number of H-pyrrole nitrogens is 2. The van der Waals surface area contributed by atoms with Gasteiger partial charge in [-0.15, -0.1) is 10.2 Å². The number of hydrogen-bond donors (Lipinski definition) is 2. The molecule has 1 aromatic carbocycles. The molecule has 0 amide bonds. The van der Waals surface area contributed by atoms with Gasteiger partial charge in [0.15, 0.2) is 11.5 Å². The monoisotopic (exact) mass is 457 g/mol. The van der Waals surface area contributed by atoms with E-state index in [0.717, 1.165) is 20.2 Å². The van der Waals surface area contributed by atoms with Crippen molar-refractivity contribution in [2.24, 2.45) is 0 Å². The van der Waals surface area contributed by atoms with Crippen LogP contribution in [0.25, 0.3) is 22.6 Å². The highest BCUT2D eigenvalue weighted by atomic mass is 79.9. The molecule has 0 saturated carbocycles. The summed E-state index contributed by atoms with van der Waals surface area (Å²) in [5, 5.41) is 14.0. The molecule has 0 aliphatic rings. The maximum absolute atomic E-state index is 5.56. The molecule has 0 aliphatic heterocycles. The Kier molecular flexibility index (Phi) is 4.76. The fraction of sp³-hybridized carbons (Fsp3) is 0.214. The van der Waals surface area contributed by atoms with E-state index in [0.29, 0.717) is 28.8 Å². The second-order valence-corrected chi connectivity index (χ2v) is 6.21. The molecule has 0 atom stereocenters. The highest BCUT2D eigenvalue weighted by molar-refractivity contribution is 9.11. The van der Waals surface area contributed by atoms with Gasteiger partial charge in [-0.05, 0) is 49.2 Å². The van der Waals surface area contributed by atoms with Gasteiger partial charge >= 0.3 is 0 Å². The minimum absolute atomic E-state index is 0.438. The highest BCUT2D eigenvalue weighted by Crippen LogP contribution is 2.49. The average molecular weight is 459 g/mol. The minimum Gasteiger partial charge on any atom is -0.493 e. The van der Waals surface area contributed by atoms with E-state index in [9.17, 15) is 0 Å². The third kappa shape index (κ3) is 2.65. The summed E-state index contributed by atoms with van der Waals surface area (Å²) in [6, 6.07) is 3.70. The molecule has 0 fully saturated rings. The lowest BCUT2D eigenvalue weighted by atomic mass is 10.1. The SMILES string of the molecule is COc1ccc(-c2c(Br)[nH]c(-c3nn[nH]n3)c2Br)c(OC)c1OC. The number of ether oxygens (including phenoxy) is 3. The Hall–Kier alpha value is -2.07. The number of nitrogens with zero attached hydrogens (tertiary/aromatic N) is 3. The molecule has 3 rings (SSSR count). The summed E-state index contributed by atoms with van der Waals surface area (Å²) in [4.78, 5) is 3.19. The van der Waals surface area contributed by atoms with Crippen LogP contribution in [0.3, 0.4) is 0 Å². The van der Waals surface area contributed by atoms with Crippen molar-refractivity contribution in [3.8, 4) is 39.9 Å². The first-order valence-corrected chi connectivity index (χ1v) is 8.31. The molecule has 8 nitrogen and oxygen atoms in total. The summed E-state index contributed by atoms with van der Waals surface area (Å²) in [5.41, 5.74) is 2.33. The van der Waals surface area contributed by atoms with E-state index in [2.05, 4.69) is 57.5 Å². The fourth-order valence-electron chi connectivity index (χ4n) is 2.40. The highest BCUT2D eigenvalue weighted by Gasteiger charge is 2.25. The molecule has 3 aromatic rings. The van der Waals surface area contributed by atoms with Crippen LogP contribution in [-0.4, -0.2) is 46.9 Å². The van der Waals surface area contributed by atoms with E-state index in [-0.39, 0.29) is 0 Å². The predicted octanol–water partition coefficient (Wildman–Crippen LogP) is 3.41. The van der Waals surface area contributed by atoms with E-state index >= 15 is 0 Å². The molecule has 0 radical (unpaired) electrons. The van der Waals surface area contributed by atoms with Crippen molar-refractivity contribution in [3.63, 3.8) is 0 Å². The van der Waals surface area contributed by atoms with Crippen LogP contribution in [0.1, 0.15) is 0 Å². The van der Waals surface area contributed by atoms with E-state index in [1.165, 1.54) is 0 Å². The largest absolute Gasteiger partial charge is 0.493 e. The number of halogens is 2. The summed E-state index contributed by atoms with van der Waals surface area (Å²) in [7, 11) is 4.72. The third-order valence-electron chi connectivity index (χ3n) is 3.44. The van der Waals surface area contributed by atoms with Gasteiger partial charge in [0.25, 0.3) is 0 Å². The number of rotatable bonds is 5. The first kappa shape index (κ1) is 16.8. The topological polar surface area (TPSA) is 97.9 Å². The number of nitrogens with one attached hydrogen (secondary N) is 2. The molecule has 0 unspecified atom stereocenters. The summed E-state index contributed by atoms with van der Waals surface area (Å²) in [6.45, 7) is 0. The van der Waals surface area contributed by atoms with Crippen LogP contribution in [-0.2, 0) is 0 Å². The van der Waals surface area contributed by atoms with Gasteiger partial charge in [0.05, 0.1) is 30.4 Å². The number of methoxy groups -OCH3 is 3. The Morgan fingerprint density at radius 3 is 2.33 bits per heavy atom. The smallest absolute Gasteiger partial charge is 0.222 e. The predicted molar refractivity (Wildman–Crippen MR) is 94.5 cm³/mol. The van der Waals surface area contributed by atoms with Crippen LogP contribution in [0.2, 0.25) is 0 Å². The molecule has 0 bridgehead atoms. The number of benzene rings is 1. The summed E-state index contributed by atoms with van der Waals surface area (Å²) in [5.74, 6) is 2.09. The van der Waals surface area contributed by atoms with Crippen LogP contribution < -0.4 is 14.2 Å². The molecular weight excluding hydrogens is 446 g/mol. The Morgan fingerprint density at radius 2 is 1.75 bits per heavy atom. The zero-order valence-corrected chi connectivity index (χ0v) is 16.1. The second-order valence-electron chi connectivity index (χ2n) is 4.62. The van der Waals surface area contributed by atoms with Crippen molar-refractivity contribution >= 4 is 31.9 Å². The van der Waals surface area contributed by atoms with Crippen LogP contribution in [0, 0.1) is 0 Å². The van der Waals surface area contributed by atoms with Crippen molar-refractivity contribution in [1.29, 1.82) is 0 Å². The van der Waals surface area contributed by atoms with Crippen molar-refractivity contribution in [2.75, 3.05) is 21.3 Å². The molecule has 24 heavy (non-hydrogen) atoms. The van der Waals surface area contributed by atoms with Crippen LogP contribution in [0.15, 0.2) is 21.2 Å². The molecule has 126 valence electrons. The molecule has 0 spiro atoms. The minimum atomic E-state index is 0.438. The van der Waals surface area contributed by atoms with Crippen molar-refractivity contribution in [1.82, 2.24) is 25.6 Å². The first-order chi connectivity index (χ1) is 11.6. The number of hydrogen-bond acceptors (Lipinski definition) is 6. The maximum Gasteiger partial charge on any atom is 0.222 e. The first-order valence-electron chi connectivity index (χ1n) is 6.72. The van der Waals surface area contributed by atoms with Gasteiger partial charge in [-0.25, -0.2) is 0 Å². The second kappa shape index (κ2) is 6.81. The quantitative estimate of drug-likeness (QED) is 0.607. The van der Waals surface area contributed by atoms with Gasteiger partial charge in [0.2, 0.25) is 11.6 Å². The summed E-state index contributed by atoms with van der Waals surface area (Å²) >= 11 is 7.13. The molecule has 2 heterocycles. The lowest BCUT2D eigenvalue weighted by Gasteiger charge is -2.15. The molecule has 10 heteroatoms. The zero-order valence-electron chi connectivity index (χ0n) is 13.0. The van der Waals surface area contributed by atoms with Crippen molar-refractivity contribution in [2.45, 2.75) is 0 Å². The molecule has 2 aromatic heterocycles. The van der Waals surface area contributed by atoms with Crippen molar-refractivity contribution in [3.05, 3.63) is 21.2 Å². The lowest BCUT2D eigenvalue weighted by Crippen LogP contribution is -1.97. The summed E-state index contributed by atoms with van der Waals surface area (Å²) in [6.07, 6.45) is 0. The van der Waals surface area contributed by atoms with Gasteiger partial charge in [-0.2, -0.15) is 5.21 Å². The summed E-state index contributed by atoms with van der Waals surface area (Å²) < 4.78 is 17.8. The average Bonchev–Trinajstić information content (AvgIpc) is 3.21. The van der Waals surface area contributed by atoms with Crippen molar-refractivity contribution < 1.29 is 14.2 Å². The maximum atomic E-state index is 5.56. The van der Waals surface area contributed by atoms with Crippen LogP contribution in [0.5, 0.6) is 17.2 Å². The third-order valence-corrected chi connectivity index (χ3v) is 4.82. The number of tetrazole rings is 1. The number of aromatic amines is 2. The van der Waals surface area contributed by atoms with Crippen LogP contribution >= 0.6 is 31.9 Å². The van der Waals surface area contributed by atoms with E-state index in [1.54, 1.807) is 21.3 Å². The standard InChI is InChI=1S/C14H13Br2N5O3/c1-22-7-5-4-6(11(23-2)12(7)24-3)8-9(15)10(17-13(8)16)14-18-20-21-19-14/h4-5,17H,1-3H3,(H,18,19,20,21). The molecular formula is C14H13Br2N5O3. The molecule has 0 saturated heterocycles.